The molecule has 3 aromatic carbocycles. The highest BCUT2D eigenvalue weighted by Crippen LogP contribution is 2.30. The standard InChI is InChI=1S/C24H20ClFN4O3S4/c1-2-29(17-6-4-3-5-7-17)37(32,33)19-12-13-20(25)21(14-19)27-22(31)15-35-23-28-30(24(34)36-23)18-10-8-16(26)9-11-18/h3-14H,2,15H2,1H3,(H,27,31). The molecular weight excluding hydrogens is 575 g/mol. The van der Waals surface area contributed by atoms with Gasteiger partial charge in [-0.05, 0) is 73.7 Å². The van der Waals surface area contributed by atoms with Crippen molar-refractivity contribution in [1.29, 1.82) is 0 Å². The zero-order valence-corrected chi connectivity index (χ0v) is 23.3. The van der Waals surface area contributed by atoms with Gasteiger partial charge in [-0.25, -0.2) is 17.5 Å². The van der Waals surface area contributed by atoms with Gasteiger partial charge in [-0.3, -0.25) is 9.10 Å². The summed E-state index contributed by atoms with van der Waals surface area (Å²) in [4.78, 5) is 12.7. The van der Waals surface area contributed by atoms with Gasteiger partial charge in [-0.15, -0.1) is 5.10 Å². The highest BCUT2D eigenvalue weighted by atomic mass is 35.5. The van der Waals surface area contributed by atoms with Gasteiger partial charge in [0.2, 0.25) is 5.91 Å². The first-order valence-electron chi connectivity index (χ1n) is 10.8. The van der Waals surface area contributed by atoms with E-state index in [1.165, 1.54) is 62.4 Å². The summed E-state index contributed by atoms with van der Waals surface area (Å²) in [5.74, 6) is -0.773. The van der Waals surface area contributed by atoms with Crippen molar-refractivity contribution in [3.63, 3.8) is 0 Å². The van der Waals surface area contributed by atoms with Crippen molar-refractivity contribution in [2.75, 3.05) is 21.9 Å². The molecule has 0 radical (unpaired) electrons. The minimum Gasteiger partial charge on any atom is -0.324 e. The van der Waals surface area contributed by atoms with E-state index in [0.717, 1.165) is 0 Å². The van der Waals surface area contributed by atoms with E-state index in [2.05, 4.69) is 10.4 Å². The van der Waals surface area contributed by atoms with Crippen LogP contribution in [0.3, 0.4) is 0 Å². The molecule has 13 heteroatoms. The fourth-order valence-corrected chi connectivity index (χ4v) is 7.18. The number of aromatic nitrogens is 2. The summed E-state index contributed by atoms with van der Waals surface area (Å²) in [5, 5.41) is 7.27. The van der Waals surface area contributed by atoms with Crippen LogP contribution in [0.2, 0.25) is 5.02 Å². The smallest absolute Gasteiger partial charge is 0.264 e. The molecule has 0 atom stereocenters. The molecule has 192 valence electrons. The number of nitrogens with one attached hydrogen (secondary N) is 1. The van der Waals surface area contributed by atoms with Gasteiger partial charge in [0.05, 0.1) is 32.7 Å². The summed E-state index contributed by atoms with van der Waals surface area (Å²) >= 11 is 14.0. The molecule has 0 saturated carbocycles. The lowest BCUT2D eigenvalue weighted by molar-refractivity contribution is -0.113. The molecule has 0 aliphatic carbocycles. The molecule has 0 aliphatic heterocycles. The van der Waals surface area contributed by atoms with Crippen molar-refractivity contribution in [2.24, 2.45) is 0 Å². The third-order valence-electron chi connectivity index (χ3n) is 5.06. The molecule has 4 rings (SSSR count). The maximum absolute atomic E-state index is 13.3. The van der Waals surface area contributed by atoms with Crippen molar-refractivity contribution in [3.05, 3.63) is 87.6 Å². The summed E-state index contributed by atoms with van der Waals surface area (Å²) in [5.41, 5.74) is 1.33. The number of rotatable bonds is 9. The molecule has 37 heavy (non-hydrogen) atoms. The summed E-state index contributed by atoms with van der Waals surface area (Å²) < 4.78 is 43.6. The largest absolute Gasteiger partial charge is 0.324 e. The van der Waals surface area contributed by atoms with Gasteiger partial charge in [-0.1, -0.05) is 52.9 Å². The van der Waals surface area contributed by atoms with Crippen LogP contribution in [0, 0.1) is 9.77 Å². The summed E-state index contributed by atoms with van der Waals surface area (Å²) in [7, 11) is -3.89. The first-order valence-corrected chi connectivity index (χ1v) is 14.9. The molecule has 1 N–H and O–H groups in total. The monoisotopic (exact) mass is 594 g/mol. The van der Waals surface area contributed by atoms with Crippen LogP contribution in [-0.2, 0) is 14.8 Å². The third kappa shape index (κ3) is 6.39. The first-order chi connectivity index (χ1) is 17.7. The Morgan fingerprint density at radius 2 is 1.86 bits per heavy atom. The summed E-state index contributed by atoms with van der Waals surface area (Å²) in [6.45, 7) is 1.97. The van der Waals surface area contributed by atoms with Crippen LogP contribution in [0.15, 0.2) is 82.0 Å². The van der Waals surface area contributed by atoms with E-state index in [1.807, 2.05) is 0 Å². The van der Waals surface area contributed by atoms with Gasteiger partial charge >= 0.3 is 0 Å². The quantitative estimate of drug-likeness (QED) is 0.178. The van der Waals surface area contributed by atoms with Crippen LogP contribution in [-0.4, -0.2) is 36.4 Å². The highest BCUT2D eigenvalue weighted by molar-refractivity contribution is 8.01. The Labute approximate surface area is 232 Å². The molecule has 0 spiro atoms. The molecule has 0 saturated heterocycles. The Kier molecular flexibility index (Phi) is 8.65. The highest BCUT2D eigenvalue weighted by Gasteiger charge is 2.24. The molecule has 0 aliphatic rings. The SMILES string of the molecule is CCN(c1ccccc1)S(=O)(=O)c1ccc(Cl)c(NC(=O)CSc2nn(-c3ccc(F)cc3)c(=S)s2)c1. The molecule has 1 aromatic heterocycles. The number of carbonyl (C=O) groups is 1. The number of carbonyl (C=O) groups excluding carboxylic acids is 1. The topological polar surface area (TPSA) is 84.3 Å². The van der Waals surface area contributed by atoms with Crippen molar-refractivity contribution in [3.8, 4) is 5.69 Å². The number of thioether (sulfide) groups is 1. The Hall–Kier alpha value is -2.77. The number of nitrogens with zero attached hydrogens (tertiary/aromatic N) is 3. The van der Waals surface area contributed by atoms with E-state index in [9.17, 15) is 17.6 Å². The second-order valence-electron chi connectivity index (χ2n) is 7.51. The number of sulfonamides is 1. The third-order valence-corrected chi connectivity index (χ3v) is 9.65. The van der Waals surface area contributed by atoms with Crippen LogP contribution < -0.4 is 9.62 Å². The summed E-state index contributed by atoms with van der Waals surface area (Å²) in [6.07, 6.45) is 0. The fourth-order valence-electron chi connectivity index (χ4n) is 3.35. The number of halogens is 2. The average molecular weight is 595 g/mol. The van der Waals surface area contributed by atoms with Gasteiger partial charge in [0.15, 0.2) is 8.29 Å². The predicted molar refractivity (Wildman–Crippen MR) is 150 cm³/mol. The van der Waals surface area contributed by atoms with Gasteiger partial charge in [0, 0.05) is 6.54 Å². The van der Waals surface area contributed by atoms with Crippen LogP contribution in [0.1, 0.15) is 6.92 Å². The zero-order valence-electron chi connectivity index (χ0n) is 19.3. The molecule has 0 bridgehead atoms. The van der Waals surface area contributed by atoms with Crippen LogP contribution >= 0.6 is 46.9 Å². The second kappa shape index (κ2) is 11.7. The Morgan fingerprint density at radius 1 is 1.16 bits per heavy atom. The molecule has 7 nitrogen and oxygen atoms in total. The predicted octanol–water partition coefficient (Wildman–Crippen LogP) is 6.40. The van der Waals surface area contributed by atoms with Crippen LogP contribution in [0.5, 0.6) is 0 Å². The molecule has 4 aromatic rings. The lowest BCUT2D eigenvalue weighted by Crippen LogP contribution is -2.30. The average Bonchev–Trinajstić information content (AvgIpc) is 3.25. The molecular formula is C24H20ClFN4O3S4. The minimum atomic E-state index is -3.89. The zero-order chi connectivity index (χ0) is 26.6. The van der Waals surface area contributed by atoms with Crippen molar-refractivity contribution in [1.82, 2.24) is 9.78 Å². The van der Waals surface area contributed by atoms with Crippen molar-refractivity contribution < 1.29 is 17.6 Å². The number of hydrogen-bond acceptors (Lipinski definition) is 7. The number of anilines is 2. The van der Waals surface area contributed by atoms with Crippen molar-refractivity contribution >= 4 is 74.2 Å². The first kappa shape index (κ1) is 27.3. The fraction of sp³-hybridized carbons (Fsp3) is 0.125. The molecule has 0 unspecified atom stereocenters. The minimum absolute atomic E-state index is 0.00145. The molecule has 1 heterocycles. The number of benzene rings is 3. The van der Waals surface area contributed by atoms with E-state index in [4.69, 9.17) is 23.8 Å². The lowest BCUT2D eigenvalue weighted by atomic mass is 10.3. The Bertz CT molecular complexity index is 1580. The second-order valence-corrected chi connectivity index (χ2v) is 12.6. The number of para-hydroxylation sites is 1. The Morgan fingerprint density at radius 3 is 2.54 bits per heavy atom. The van der Waals surface area contributed by atoms with E-state index in [0.29, 0.717) is 19.7 Å². The molecule has 0 fully saturated rings. The van der Waals surface area contributed by atoms with E-state index < -0.39 is 15.9 Å². The Balaban J connectivity index is 1.47. The number of hydrogen-bond donors (Lipinski definition) is 1. The maximum atomic E-state index is 13.3. The maximum Gasteiger partial charge on any atom is 0.264 e. The van der Waals surface area contributed by atoms with Gasteiger partial charge < -0.3 is 5.32 Å². The van der Waals surface area contributed by atoms with E-state index >= 15 is 0 Å². The van der Waals surface area contributed by atoms with Crippen LogP contribution in [0.4, 0.5) is 15.8 Å². The van der Waals surface area contributed by atoms with Crippen LogP contribution in [0.25, 0.3) is 5.69 Å². The van der Waals surface area contributed by atoms with Crippen molar-refractivity contribution in [2.45, 2.75) is 16.2 Å². The molecule has 1 amide bonds. The normalized spacial score (nSPS) is 11.3. The van der Waals surface area contributed by atoms with E-state index in [-0.39, 0.29) is 33.7 Å². The number of amides is 1. The van der Waals surface area contributed by atoms with Gasteiger partial charge in [0.1, 0.15) is 5.82 Å². The van der Waals surface area contributed by atoms with E-state index in [1.54, 1.807) is 49.4 Å². The summed E-state index contributed by atoms with van der Waals surface area (Å²) in [6, 6.07) is 18.7. The lowest BCUT2D eigenvalue weighted by Gasteiger charge is -2.23. The van der Waals surface area contributed by atoms with Gasteiger partial charge in [0.25, 0.3) is 10.0 Å². The van der Waals surface area contributed by atoms with Gasteiger partial charge in [-0.2, -0.15) is 0 Å².